The third-order valence-electron chi connectivity index (χ3n) is 4.99. The van der Waals surface area contributed by atoms with E-state index in [1.54, 1.807) is 24.1 Å². The summed E-state index contributed by atoms with van der Waals surface area (Å²) in [5, 5.41) is 3.63. The summed E-state index contributed by atoms with van der Waals surface area (Å²) in [5.74, 6) is 2.37. The lowest BCUT2D eigenvalue weighted by atomic mass is 10.1. The standard InChI is InChI=1S/C23H28N4O2S/c1-5-27(6-2)21-16(3)17(4)25-23(26-21)30-15-18-9-11-19(12-10-18)22(28)24-14-20-8-7-13-29-20/h7-13H,5-6,14-15H2,1-4H3,(H,24,28). The second kappa shape index (κ2) is 10.3. The highest BCUT2D eigenvalue weighted by Gasteiger charge is 2.13. The van der Waals surface area contributed by atoms with Crippen molar-refractivity contribution in [2.45, 2.75) is 45.1 Å². The summed E-state index contributed by atoms with van der Waals surface area (Å²) in [5.41, 5.74) is 3.89. The van der Waals surface area contributed by atoms with Gasteiger partial charge in [-0.1, -0.05) is 23.9 Å². The molecule has 1 aromatic carbocycles. The van der Waals surface area contributed by atoms with E-state index in [2.05, 4.69) is 36.0 Å². The SMILES string of the molecule is CCN(CC)c1nc(SCc2ccc(C(=O)NCc3ccco3)cc2)nc(C)c1C. The number of thioether (sulfide) groups is 1. The third-order valence-corrected chi connectivity index (χ3v) is 5.91. The molecular weight excluding hydrogens is 396 g/mol. The van der Waals surface area contributed by atoms with Crippen LogP contribution < -0.4 is 10.2 Å². The van der Waals surface area contributed by atoms with Crippen LogP contribution in [0.3, 0.4) is 0 Å². The van der Waals surface area contributed by atoms with Gasteiger partial charge in [0.2, 0.25) is 0 Å². The Morgan fingerprint density at radius 2 is 1.83 bits per heavy atom. The Balaban J connectivity index is 1.61. The first-order valence-corrected chi connectivity index (χ1v) is 11.1. The molecule has 158 valence electrons. The van der Waals surface area contributed by atoms with Gasteiger partial charge in [0.05, 0.1) is 12.8 Å². The number of rotatable bonds is 9. The van der Waals surface area contributed by atoms with E-state index >= 15 is 0 Å². The van der Waals surface area contributed by atoms with Gasteiger partial charge in [-0.2, -0.15) is 0 Å². The molecule has 0 unspecified atom stereocenters. The number of hydrogen-bond acceptors (Lipinski definition) is 6. The predicted molar refractivity (Wildman–Crippen MR) is 121 cm³/mol. The van der Waals surface area contributed by atoms with Crippen molar-refractivity contribution < 1.29 is 9.21 Å². The van der Waals surface area contributed by atoms with Gasteiger partial charge in [-0.05, 0) is 57.5 Å². The molecule has 0 radical (unpaired) electrons. The number of amides is 1. The first-order chi connectivity index (χ1) is 14.5. The molecule has 3 rings (SSSR count). The number of furan rings is 1. The van der Waals surface area contributed by atoms with E-state index in [-0.39, 0.29) is 5.91 Å². The van der Waals surface area contributed by atoms with Gasteiger partial charge in [-0.3, -0.25) is 4.79 Å². The highest BCUT2D eigenvalue weighted by molar-refractivity contribution is 7.98. The van der Waals surface area contributed by atoms with Gasteiger partial charge in [0.1, 0.15) is 11.6 Å². The minimum Gasteiger partial charge on any atom is -0.467 e. The Hall–Kier alpha value is -2.80. The number of benzene rings is 1. The first kappa shape index (κ1) is 21.9. The molecule has 7 heteroatoms. The fraction of sp³-hybridized carbons (Fsp3) is 0.348. The van der Waals surface area contributed by atoms with E-state index in [0.29, 0.717) is 12.1 Å². The maximum atomic E-state index is 12.3. The number of aryl methyl sites for hydroxylation is 1. The van der Waals surface area contributed by atoms with E-state index in [9.17, 15) is 4.79 Å². The van der Waals surface area contributed by atoms with Crippen LogP contribution in [0.5, 0.6) is 0 Å². The lowest BCUT2D eigenvalue weighted by Gasteiger charge is -2.23. The molecule has 6 nitrogen and oxygen atoms in total. The Morgan fingerprint density at radius 3 is 2.47 bits per heavy atom. The number of carbonyl (C=O) groups excluding carboxylic acids is 1. The van der Waals surface area contributed by atoms with E-state index in [1.165, 1.54) is 0 Å². The predicted octanol–water partition coefficient (Wildman–Crippen LogP) is 4.75. The van der Waals surface area contributed by atoms with E-state index in [4.69, 9.17) is 9.40 Å². The van der Waals surface area contributed by atoms with Crippen molar-refractivity contribution in [1.82, 2.24) is 15.3 Å². The quantitative estimate of drug-likeness (QED) is 0.395. The minimum absolute atomic E-state index is 0.119. The van der Waals surface area contributed by atoms with Crippen LogP contribution in [-0.2, 0) is 12.3 Å². The largest absolute Gasteiger partial charge is 0.467 e. The number of anilines is 1. The van der Waals surface area contributed by atoms with Crippen LogP contribution in [0.4, 0.5) is 5.82 Å². The second-order valence-electron chi connectivity index (χ2n) is 6.96. The smallest absolute Gasteiger partial charge is 0.251 e. The normalized spacial score (nSPS) is 10.8. The Bertz CT molecular complexity index is 968. The lowest BCUT2D eigenvalue weighted by molar-refractivity contribution is 0.0948. The highest BCUT2D eigenvalue weighted by Crippen LogP contribution is 2.26. The number of aromatic nitrogens is 2. The van der Waals surface area contributed by atoms with Crippen LogP contribution in [0.25, 0.3) is 0 Å². The van der Waals surface area contributed by atoms with Gasteiger partial charge in [-0.15, -0.1) is 0 Å². The summed E-state index contributed by atoms with van der Waals surface area (Å²) in [7, 11) is 0. The van der Waals surface area contributed by atoms with Crippen molar-refractivity contribution in [2.75, 3.05) is 18.0 Å². The molecule has 0 aliphatic carbocycles. The fourth-order valence-corrected chi connectivity index (χ4v) is 3.91. The summed E-state index contributed by atoms with van der Waals surface area (Å²) < 4.78 is 5.23. The molecule has 0 aliphatic heterocycles. The molecule has 0 aliphatic rings. The maximum absolute atomic E-state index is 12.3. The molecule has 2 heterocycles. The Kier molecular flexibility index (Phi) is 7.52. The van der Waals surface area contributed by atoms with Crippen molar-refractivity contribution in [3.63, 3.8) is 0 Å². The molecule has 3 aromatic rings. The summed E-state index contributed by atoms with van der Waals surface area (Å²) >= 11 is 1.61. The first-order valence-electron chi connectivity index (χ1n) is 10.1. The van der Waals surface area contributed by atoms with Gasteiger partial charge in [0.15, 0.2) is 5.16 Å². The van der Waals surface area contributed by atoms with E-state index in [1.807, 2.05) is 37.3 Å². The van der Waals surface area contributed by atoms with Gasteiger partial charge >= 0.3 is 0 Å². The van der Waals surface area contributed by atoms with Crippen molar-refractivity contribution in [3.8, 4) is 0 Å². The fourth-order valence-electron chi connectivity index (χ4n) is 3.07. The van der Waals surface area contributed by atoms with Crippen LogP contribution >= 0.6 is 11.8 Å². The summed E-state index contributed by atoms with van der Waals surface area (Å²) in [6, 6.07) is 11.3. The zero-order valence-corrected chi connectivity index (χ0v) is 18.8. The molecule has 0 spiro atoms. The molecule has 1 amide bonds. The minimum atomic E-state index is -0.119. The summed E-state index contributed by atoms with van der Waals surface area (Å²) in [6.45, 7) is 10.6. The van der Waals surface area contributed by atoms with Crippen molar-refractivity contribution in [1.29, 1.82) is 0 Å². The molecule has 2 aromatic heterocycles. The van der Waals surface area contributed by atoms with Gasteiger partial charge < -0.3 is 14.6 Å². The van der Waals surface area contributed by atoms with E-state index in [0.717, 1.165) is 52.4 Å². The average Bonchev–Trinajstić information content (AvgIpc) is 3.28. The Morgan fingerprint density at radius 1 is 1.10 bits per heavy atom. The molecular formula is C23H28N4O2S. The molecule has 1 N–H and O–H groups in total. The van der Waals surface area contributed by atoms with E-state index < -0.39 is 0 Å². The summed E-state index contributed by atoms with van der Waals surface area (Å²) in [6.07, 6.45) is 1.60. The average molecular weight is 425 g/mol. The molecule has 0 bridgehead atoms. The highest BCUT2D eigenvalue weighted by atomic mass is 32.2. The molecule has 30 heavy (non-hydrogen) atoms. The van der Waals surface area contributed by atoms with Crippen molar-refractivity contribution >= 4 is 23.5 Å². The zero-order chi connectivity index (χ0) is 21.5. The van der Waals surface area contributed by atoms with Gasteiger partial charge in [0.25, 0.3) is 5.91 Å². The van der Waals surface area contributed by atoms with Crippen LogP contribution in [0.2, 0.25) is 0 Å². The Labute approximate surface area is 182 Å². The maximum Gasteiger partial charge on any atom is 0.251 e. The second-order valence-corrected chi connectivity index (χ2v) is 7.90. The number of hydrogen-bond donors (Lipinski definition) is 1. The zero-order valence-electron chi connectivity index (χ0n) is 17.9. The summed E-state index contributed by atoms with van der Waals surface area (Å²) in [4.78, 5) is 24.0. The van der Waals surface area contributed by atoms with Crippen LogP contribution in [0, 0.1) is 13.8 Å². The van der Waals surface area contributed by atoms with Crippen LogP contribution in [-0.4, -0.2) is 29.0 Å². The number of nitrogens with zero attached hydrogens (tertiary/aromatic N) is 3. The molecule has 0 saturated heterocycles. The topological polar surface area (TPSA) is 71.3 Å². The van der Waals surface area contributed by atoms with Crippen LogP contribution in [0.1, 0.15) is 46.8 Å². The number of carbonyl (C=O) groups is 1. The molecule has 0 fully saturated rings. The monoisotopic (exact) mass is 424 g/mol. The molecule has 0 saturated carbocycles. The van der Waals surface area contributed by atoms with Gasteiger partial charge in [0, 0.05) is 35.7 Å². The number of nitrogens with one attached hydrogen (secondary N) is 1. The lowest BCUT2D eigenvalue weighted by Crippen LogP contribution is -2.24. The molecule has 0 atom stereocenters. The van der Waals surface area contributed by atoms with Gasteiger partial charge in [-0.25, -0.2) is 9.97 Å². The van der Waals surface area contributed by atoms with Crippen molar-refractivity contribution in [3.05, 3.63) is 70.8 Å². The van der Waals surface area contributed by atoms with Crippen molar-refractivity contribution in [2.24, 2.45) is 0 Å². The van der Waals surface area contributed by atoms with Crippen LogP contribution in [0.15, 0.2) is 52.2 Å². The third kappa shape index (κ3) is 5.42.